The third kappa shape index (κ3) is 6.08. The van der Waals surface area contributed by atoms with Crippen molar-refractivity contribution in [2.24, 2.45) is 0 Å². The number of rotatable bonds is 9. The summed E-state index contributed by atoms with van der Waals surface area (Å²) in [4.78, 5) is 13.9. The molecule has 6 N–H and O–H groups in total. The Kier molecular flexibility index (Phi) is 9.68. The number of ether oxygens (including phenoxy) is 9. The SMILES string of the molecule is C=C(CO[C@H]1O[C@@H](CO[C@@H]2OC[C@H](O)[C@H](O)[C@@H]2O)[C@H](O)[C@@H](O)[C@@H]1O)[C@@H]1Cc2c(ccc3c2O[C@@H]2COc4cc(OC)c(OC)cc4[C@@H]2C3=O)O1. The molecule has 16 heteroatoms. The molecule has 12 atom stereocenters. The van der Waals surface area contributed by atoms with Crippen LogP contribution in [0.15, 0.2) is 36.4 Å². The molecule has 0 bridgehead atoms. The number of ketones is 1. The molecule has 0 aromatic heterocycles. The number of methoxy groups -OCH3 is 2. The summed E-state index contributed by atoms with van der Waals surface area (Å²) >= 11 is 0. The molecule has 7 rings (SSSR count). The van der Waals surface area contributed by atoms with Gasteiger partial charge in [0.25, 0.3) is 0 Å². The van der Waals surface area contributed by atoms with Crippen molar-refractivity contribution in [3.8, 4) is 28.7 Å². The lowest BCUT2D eigenvalue weighted by atomic mass is 9.81. The molecule has 272 valence electrons. The average molecular weight is 705 g/mol. The Balaban J connectivity index is 0.993. The largest absolute Gasteiger partial charge is 0.493 e. The highest BCUT2D eigenvalue weighted by molar-refractivity contribution is 6.06. The van der Waals surface area contributed by atoms with Crippen LogP contribution in [0.25, 0.3) is 0 Å². The van der Waals surface area contributed by atoms with Crippen molar-refractivity contribution in [1.29, 1.82) is 0 Å². The van der Waals surface area contributed by atoms with Crippen LogP contribution in [0, 0.1) is 0 Å². The summed E-state index contributed by atoms with van der Waals surface area (Å²) in [7, 11) is 3.04. The molecule has 2 fully saturated rings. The zero-order valence-electron chi connectivity index (χ0n) is 27.2. The number of fused-ring (bicyclic) bond motifs is 6. The molecule has 0 radical (unpaired) electrons. The minimum absolute atomic E-state index is 0.123. The number of Topliss-reactive ketones (excluding diaryl/α,β-unsaturated/α-hetero) is 1. The first-order chi connectivity index (χ1) is 24.0. The molecule has 2 saturated heterocycles. The quantitative estimate of drug-likeness (QED) is 0.172. The van der Waals surface area contributed by atoms with Gasteiger partial charge in [0.15, 0.2) is 29.9 Å². The normalized spacial score (nSPS) is 35.7. The Morgan fingerprint density at radius 2 is 1.60 bits per heavy atom. The van der Waals surface area contributed by atoms with Gasteiger partial charge in [-0.05, 0) is 23.8 Å². The zero-order valence-corrected chi connectivity index (χ0v) is 27.2. The predicted octanol–water partition coefficient (Wildman–Crippen LogP) is -1.04. The van der Waals surface area contributed by atoms with E-state index in [-0.39, 0.29) is 25.6 Å². The van der Waals surface area contributed by atoms with E-state index in [1.807, 2.05) is 0 Å². The van der Waals surface area contributed by atoms with Crippen LogP contribution in [0.1, 0.15) is 27.4 Å². The van der Waals surface area contributed by atoms with Gasteiger partial charge >= 0.3 is 0 Å². The number of carbonyl (C=O) groups excluding carboxylic acids is 1. The lowest BCUT2D eigenvalue weighted by molar-refractivity contribution is -0.319. The summed E-state index contributed by atoms with van der Waals surface area (Å²) in [6.07, 6.45) is -14.1. The molecule has 0 spiro atoms. The van der Waals surface area contributed by atoms with Gasteiger partial charge in [-0.25, -0.2) is 0 Å². The minimum atomic E-state index is -1.67. The first-order valence-electron chi connectivity index (χ1n) is 16.2. The van der Waals surface area contributed by atoms with Gasteiger partial charge in [0, 0.05) is 23.6 Å². The zero-order chi connectivity index (χ0) is 35.4. The van der Waals surface area contributed by atoms with Crippen molar-refractivity contribution in [2.75, 3.05) is 40.6 Å². The van der Waals surface area contributed by atoms with Gasteiger partial charge in [0.05, 0.1) is 45.5 Å². The minimum Gasteiger partial charge on any atom is -0.493 e. The van der Waals surface area contributed by atoms with E-state index in [1.165, 1.54) is 14.2 Å². The van der Waals surface area contributed by atoms with E-state index in [0.29, 0.717) is 57.4 Å². The standard InChI is InChI=1S/C34H40O16/c1-13(9-45-34-31(41)29(39)28(38)24(50-34)12-47-33-30(40)27(37)17(35)10-46-33)19-7-16-18(48-19)5-4-14-26(36)25-15-6-21(42-2)22(43-3)8-20(15)44-11-23(25)49-32(14)16/h4-6,8,17,19,23-25,27-31,33-35,37-41H,1,7,9-12H2,2-3H3/t17-,19-,23+,24-,25-,27-,28-,29+,30-,31-,33-,34-/m0/s1. The van der Waals surface area contributed by atoms with Gasteiger partial charge in [0.2, 0.25) is 0 Å². The third-order valence-corrected chi connectivity index (χ3v) is 9.76. The molecule has 16 nitrogen and oxygen atoms in total. The maximum absolute atomic E-state index is 13.9. The molecule has 0 unspecified atom stereocenters. The number of aliphatic hydroxyl groups excluding tert-OH is 6. The highest BCUT2D eigenvalue weighted by Crippen LogP contribution is 2.50. The van der Waals surface area contributed by atoms with Crippen molar-refractivity contribution < 1.29 is 78.1 Å². The van der Waals surface area contributed by atoms with Crippen molar-refractivity contribution in [3.05, 3.63) is 53.1 Å². The molecular formula is C34H40O16. The number of aliphatic hydroxyl groups is 6. The second-order valence-electron chi connectivity index (χ2n) is 12.9. The smallest absolute Gasteiger partial charge is 0.187 e. The molecule has 0 aliphatic carbocycles. The summed E-state index contributed by atoms with van der Waals surface area (Å²) in [5.41, 5.74) is 2.20. The number of benzene rings is 2. The topological polar surface area (TPSA) is 222 Å². The molecule has 2 aromatic carbocycles. The summed E-state index contributed by atoms with van der Waals surface area (Å²) in [6.45, 7) is 3.35. The Morgan fingerprint density at radius 1 is 0.860 bits per heavy atom. The predicted molar refractivity (Wildman–Crippen MR) is 167 cm³/mol. The first-order valence-corrected chi connectivity index (χ1v) is 16.2. The highest BCUT2D eigenvalue weighted by atomic mass is 16.7. The fourth-order valence-corrected chi connectivity index (χ4v) is 6.88. The maximum atomic E-state index is 13.9. The van der Waals surface area contributed by atoms with Crippen LogP contribution in [0.2, 0.25) is 0 Å². The van der Waals surface area contributed by atoms with Gasteiger partial charge in [-0.1, -0.05) is 6.58 Å². The van der Waals surface area contributed by atoms with E-state index in [0.717, 1.165) is 0 Å². The van der Waals surface area contributed by atoms with E-state index in [2.05, 4.69) is 6.58 Å². The van der Waals surface area contributed by atoms with Crippen LogP contribution in [0.4, 0.5) is 0 Å². The summed E-state index contributed by atoms with van der Waals surface area (Å²) in [5, 5.41) is 61.2. The first kappa shape index (κ1) is 34.9. The molecule has 5 heterocycles. The van der Waals surface area contributed by atoms with Crippen LogP contribution in [-0.4, -0.2) is 145 Å². The summed E-state index contributed by atoms with van der Waals surface area (Å²) in [6, 6.07) is 6.82. The van der Waals surface area contributed by atoms with E-state index >= 15 is 0 Å². The molecular weight excluding hydrogens is 664 g/mol. The number of hydrogen-bond donors (Lipinski definition) is 6. The third-order valence-electron chi connectivity index (χ3n) is 9.76. The fourth-order valence-electron chi connectivity index (χ4n) is 6.88. The Hall–Kier alpha value is -3.55. The van der Waals surface area contributed by atoms with Gasteiger partial charge in [-0.15, -0.1) is 0 Å². The van der Waals surface area contributed by atoms with Crippen molar-refractivity contribution in [1.82, 2.24) is 0 Å². The van der Waals surface area contributed by atoms with Crippen molar-refractivity contribution >= 4 is 5.78 Å². The van der Waals surface area contributed by atoms with Gasteiger partial charge in [0.1, 0.15) is 78.8 Å². The Bertz CT molecular complexity index is 1610. The second-order valence-corrected chi connectivity index (χ2v) is 12.9. The molecule has 2 aromatic rings. The van der Waals surface area contributed by atoms with Crippen LogP contribution < -0.4 is 23.7 Å². The molecule has 0 amide bonds. The van der Waals surface area contributed by atoms with Crippen LogP contribution in [0.3, 0.4) is 0 Å². The van der Waals surface area contributed by atoms with Crippen molar-refractivity contribution in [3.63, 3.8) is 0 Å². The van der Waals surface area contributed by atoms with E-state index in [4.69, 9.17) is 42.6 Å². The van der Waals surface area contributed by atoms with Crippen LogP contribution >= 0.6 is 0 Å². The lowest BCUT2D eigenvalue weighted by Gasteiger charge is -2.41. The fraction of sp³-hybridized carbons (Fsp3) is 0.559. The Labute approximate surface area is 286 Å². The van der Waals surface area contributed by atoms with Gasteiger partial charge in [-0.3, -0.25) is 4.79 Å². The van der Waals surface area contributed by atoms with E-state index in [1.54, 1.807) is 24.3 Å². The van der Waals surface area contributed by atoms with Crippen molar-refractivity contribution in [2.45, 2.75) is 79.9 Å². The maximum Gasteiger partial charge on any atom is 0.187 e. The molecule has 0 saturated carbocycles. The monoisotopic (exact) mass is 704 g/mol. The molecule has 5 aliphatic heterocycles. The molecule has 5 aliphatic rings. The lowest BCUT2D eigenvalue weighted by Crippen LogP contribution is -2.60. The van der Waals surface area contributed by atoms with E-state index in [9.17, 15) is 35.4 Å². The summed E-state index contributed by atoms with van der Waals surface area (Å²) in [5.74, 6) is 1.67. The second kappa shape index (κ2) is 13.9. The average Bonchev–Trinajstić information content (AvgIpc) is 3.57. The highest BCUT2D eigenvalue weighted by Gasteiger charge is 2.48. The number of hydrogen-bond acceptors (Lipinski definition) is 16. The van der Waals surface area contributed by atoms with Gasteiger partial charge in [-0.2, -0.15) is 0 Å². The Morgan fingerprint density at radius 3 is 2.36 bits per heavy atom. The van der Waals surface area contributed by atoms with Crippen LogP contribution in [0.5, 0.6) is 28.7 Å². The summed E-state index contributed by atoms with van der Waals surface area (Å²) < 4.78 is 51.5. The number of carbonyl (C=O) groups is 1. The van der Waals surface area contributed by atoms with Gasteiger partial charge < -0.3 is 73.3 Å². The van der Waals surface area contributed by atoms with Crippen LogP contribution in [-0.2, 0) is 25.4 Å². The van der Waals surface area contributed by atoms with E-state index < -0.39 is 80.0 Å². The molecule has 50 heavy (non-hydrogen) atoms.